The number of methoxy groups -OCH3 is 1. The Kier molecular flexibility index (Phi) is 7.42. The van der Waals surface area contributed by atoms with Crippen molar-refractivity contribution in [2.45, 2.75) is 50.7 Å². The lowest BCUT2D eigenvalue weighted by atomic mass is 10.0. The van der Waals surface area contributed by atoms with Gasteiger partial charge in [0.2, 0.25) is 0 Å². The molecule has 1 unspecified atom stereocenters. The summed E-state index contributed by atoms with van der Waals surface area (Å²) in [5.41, 5.74) is 0.989. The number of carbonyl (C=O) groups excluding carboxylic acids is 2. The number of ether oxygens (including phenoxy) is 2. The fraction of sp³-hybridized carbons (Fsp3) is 0.333. The zero-order valence-electron chi connectivity index (χ0n) is 19.6. The summed E-state index contributed by atoms with van der Waals surface area (Å²) >= 11 is 3.49. The van der Waals surface area contributed by atoms with Crippen LogP contribution >= 0.6 is 15.9 Å². The van der Waals surface area contributed by atoms with Crippen LogP contribution in [0.4, 0.5) is 4.79 Å². The van der Waals surface area contributed by atoms with Crippen LogP contribution in [0.2, 0.25) is 0 Å². The summed E-state index contributed by atoms with van der Waals surface area (Å²) in [6, 6.07) is 10.8. The first kappa shape index (κ1) is 25.8. The topological polar surface area (TPSA) is 104 Å². The first-order chi connectivity index (χ1) is 15.8. The molecule has 0 bridgehead atoms. The zero-order valence-corrected chi connectivity index (χ0v) is 22.0. The van der Waals surface area contributed by atoms with Crippen molar-refractivity contribution >= 4 is 48.9 Å². The van der Waals surface area contributed by atoms with E-state index in [0.29, 0.717) is 20.9 Å². The van der Waals surface area contributed by atoms with Gasteiger partial charge < -0.3 is 14.8 Å². The van der Waals surface area contributed by atoms with E-state index in [1.807, 2.05) is 6.92 Å². The molecule has 0 saturated heterocycles. The molecule has 34 heavy (non-hydrogen) atoms. The van der Waals surface area contributed by atoms with Crippen molar-refractivity contribution in [2.24, 2.45) is 0 Å². The molecular weight excluding hydrogens is 524 g/mol. The smallest absolute Gasteiger partial charge is 0.408 e. The number of hydrogen-bond acceptors (Lipinski definition) is 6. The van der Waals surface area contributed by atoms with Crippen LogP contribution < -0.4 is 5.32 Å². The molecule has 0 radical (unpaired) electrons. The molecular formula is C24H27BrN2O6S. The maximum absolute atomic E-state index is 13.5. The van der Waals surface area contributed by atoms with Crippen LogP contribution in [0.25, 0.3) is 10.9 Å². The molecule has 1 N–H and O–H groups in total. The number of hydrogen-bond donors (Lipinski definition) is 1. The van der Waals surface area contributed by atoms with Gasteiger partial charge in [0.15, 0.2) is 0 Å². The van der Waals surface area contributed by atoms with Crippen molar-refractivity contribution in [1.29, 1.82) is 0 Å². The Morgan fingerprint density at radius 3 is 2.35 bits per heavy atom. The fourth-order valence-corrected chi connectivity index (χ4v) is 5.42. The predicted octanol–water partition coefficient (Wildman–Crippen LogP) is 5.08. The van der Waals surface area contributed by atoms with E-state index in [9.17, 15) is 18.0 Å². The van der Waals surface area contributed by atoms with E-state index >= 15 is 0 Å². The van der Waals surface area contributed by atoms with Crippen molar-refractivity contribution in [3.05, 3.63) is 64.3 Å². The van der Waals surface area contributed by atoms with Gasteiger partial charge in [0.25, 0.3) is 10.0 Å². The second-order valence-electron chi connectivity index (χ2n) is 8.81. The SMILES string of the molecule is COC(=O)CC(NC(=O)OC(C)(C)C)c1cn(S(=O)(=O)c2ccc(C)cc2)c2cccc(Br)c12. The number of rotatable bonds is 6. The molecule has 3 rings (SSSR count). The van der Waals surface area contributed by atoms with Gasteiger partial charge in [-0.1, -0.05) is 39.7 Å². The van der Waals surface area contributed by atoms with Crippen molar-refractivity contribution in [3.63, 3.8) is 0 Å². The molecule has 10 heteroatoms. The maximum Gasteiger partial charge on any atom is 0.408 e. The Morgan fingerprint density at radius 2 is 1.76 bits per heavy atom. The third-order valence-electron chi connectivity index (χ3n) is 5.02. The van der Waals surface area contributed by atoms with Crippen LogP contribution in [0.5, 0.6) is 0 Å². The van der Waals surface area contributed by atoms with E-state index < -0.39 is 33.7 Å². The number of benzene rings is 2. The van der Waals surface area contributed by atoms with Crippen molar-refractivity contribution < 1.29 is 27.5 Å². The Hall–Kier alpha value is -2.85. The number of aryl methyl sites for hydroxylation is 1. The van der Waals surface area contributed by atoms with Gasteiger partial charge in [-0.05, 0) is 52.0 Å². The van der Waals surface area contributed by atoms with E-state index in [1.54, 1.807) is 63.2 Å². The Labute approximate surface area is 207 Å². The largest absolute Gasteiger partial charge is 0.469 e. The minimum absolute atomic E-state index is 0.117. The minimum atomic E-state index is -3.97. The molecule has 1 aromatic heterocycles. The summed E-state index contributed by atoms with van der Waals surface area (Å²) in [6.45, 7) is 7.03. The lowest BCUT2D eigenvalue weighted by Gasteiger charge is -2.23. The monoisotopic (exact) mass is 550 g/mol. The van der Waals surface area contributed by atoms with Gasteiger partial charge in [0.1, 0.15) is 5.60 Å². The standard InChI is InChI=1S/C24H27BrN2O6S/c1-15-9-11-16(12-10-15)34(30,31)27-14-17(22-18(25)7-6-8-20(22)27)19(13-21(28)32-5)26-23(29)33-24(2,3)4/h6-12,14,19H,13H2,1-5H3,(H,26,29). The van der Waals surface area contributed by atoms with Gasteiger partial charge in [-0.15, -0.1) is 0 Å². The third-order valence-corrected chi connectivity index (χ3v) is 7.37. The molecule has 182 valence electrons. The molecule has 0 fully saturated rings. The zero-order chi connectivity index (χ0) is 25.3. The lowest BCUT2D eigenvalue weighted by Crippen LogP contribution is -2.36. The number of aromatic nitrogens is 1. The molecule has 1 atom stereocenters. The first-order valence-corrected chi connectivity index (χ1v) is 12.7. The Morgan fingerprint density at radius 1 is 1.12 bits per heavy atom. The second kappa shape index (κ2) is 9.79. The van der Waals surface area contributed by atoms with Crippen molar-refractivity contribution in [2.75, 3.05) is 7.11 Å². The second-order valence-corrected chi connectivity index (χ2v) is 11.5. The average molecular weight is 551 g/mol. The fourth-order valence-electron chi connectivity index (χ4n) is 3.47. The molecule has 8 nitrogen and oxygen atoms in total. The van der Waals surface area contributed by atoms with Gasteiger partial charge in [-0.25, -0.2) is 17.2 Å². The highest BCUT2D eigenvalue weighted by Crippen LogP contribution is 2.36. The number of nitrogens with one attached hydrogen (secondary N) is 1. The molecule has 0 aliphatic rings. The Balaban J connectivity index is 2.19. The van der Waals surface area contributed by atoms with Crippen LogP contribution in [0.3, 0.4) is 0 Å². The highest BCUT2D eigenvalue weighted by molar-refractivity contribution is 9.10. The van der Waals surface area contributed by atoms with E-state index in [4.69, 9.17) is 9.47 Å². The third kappa shape index (κ3) is 5.61. The number of alkyl carbamates (subject to hydrolysis) is 1. The summed E-state index contributed by atoms with van der Waals surface area (Å²) in [5, 5.41) is 3.24. The van der Waals surface area contributed by atoms with Crippen LogP contribution in [-0.4, -0.2) is 37.2 Å². The number of amides is 1. The summed E-state index contributed by atoms with van der Waals surface area (Å²) in [7, 11) is -2.72. The van der Waals surface area contributed by atoms with Crippen LogP contribution in [0, 0.1) is 6.92 Å². The number of halogens is 1. The molecule has 1 amide bonds. The van der Waals surface area contributed by atoms with E-state index in [0.717, 1.165) is 9.54 Å². The lowest BCUT2D eigenvalue weighted by molar-refractivity contribution is -0.141. The van der Waals surface area contributed by atoms with Crippen molar-refractivity contribution in [3.8, 4) is 0 Å². The minimum Gasteiger partial charge on any atom is -0.469 e. The molecule has 3 aromatic rings. The highest BCUT2D eigenvalue weighted by atomic mass is 79.9. The van der Waals surface area contributed by atoms with Crippen molar-refractivity contribution in [1.82, 2.24) is 9.29 Å². The number of esters is 1. The molecule has 0 spiro atoms. The molecule has 1 heterocycles. The molecule has 2 aromatic carbocycles. The summed E-state index contributed by atoms with van der Waals surface area (Å²) in [6.07, 6.45) is 0.465. The number of nitrogens with zero attached hydrogens (tertiary/aromatic N) is 1. The summed E-state index contributed by atoms with van der Waals surface area (Å²) in [4.78, 5) is 24.9. The van der Waals surface area contributed by atoms with Crippen LogP contribution in [0.1, 0.15) is 44.4 Å². The van der Waals surface area contributed by atoms with Gasteiger partial charge in [0, 0.05) is 21.6 Å². The van der Waals surface area contributed by atoms with Gasteiger partial charge in [-0.2, -0.15) is 0 Å². The average Bonchev–Trinajstić information content (AvgIpc) is 3.14. The predicted molar refractivity (Wildman–Crippen MR) is 132 cm³/mol. The number of carbonyl (C=O) groups is 2. The normalized spacial score (nSPS) is 12.9. The molecule has 0 aliphatic heterocycles. The quantitative estimate of drug-likeness (QED) is 0.429. The van der Waals surface area contributed by atoms with Crippen LogP contribution in [0.15, 0.2) is 58.0 Å². The highest BCUT2D eigenvalue weighted by Gasteiger charge is 2.29. The summed E-state index contributed by atoms with van der Waals surface area (Å²) in [5.74, 6) is -0.574. The van der Waals surface area contributed by atoms with Crippen LogP contribution in [-0.2, 0) is 24.3 Å². The van der Waals surface area contributed by atoms with Gasteiger partial charge >= 0.3 is 12.1 Å². The summed E-state index contributed by atoms with van der Waals surface area (Å²) < 4.78 is 39.0. The number of fused-ring (bicyclic) bond motifs is 1. The molecule has 0 saturated carbocycles. The Bertz CT molecular complexity index is 1320. The maximum atomic E-state index is 13.5. The van der Waals surface area contributed by atoms with Gasteiger partial charge in [0.05, 0.1) is 30.0 Å². The van der Waals surface area contributed by atoms with E-state index in [1.165, 1.54) is 13.3 Å². The van der Waals surface area contributed by atoms with E-state index in [2.05, 4.69) is 21.2 Å². The molecule has 0 aliphatic carbocycles. The van der Waals surface area contributed by atoms with E-state index in [-0.39, 0.29) is 11.3 Å². The first-order valence-electron chi connectivity index (χ1n) is 10.5. The van der Waals surface area contributed by atoms with Gasteiger partial charge in [-0.3, -0.25) is 4.79 Å².